The normalized spacial score (nSPS) is 8.00. The van der Waals surface area contributed by atoms with Crippen LogP contribution in [0.4, 0.5) is 5.95 Å². The summed E-state index contributed by atoms with van der Waals surface area (Å²) in [6.45, 7) is 0. The van der Waals surface area contributed by atoms with Crippen LogP contribution in [0.5, 0.6) is 0 Å². The van der Waals surface area contributed by atoms with E-state index in [0.717, 1.165) is 0 Å². The molecule has 9 heavy (non-hydrogen) atoms. The van der Waals surface area contributed by atoms with E-state index in [0.29, 0.717) is 0 Å². The Morgan fingerprint density at radius 3 is 2.67 bits per heavy atom. The van der Waals surface area contributed by atoms with Gasteiger partial charge in [-0.05, 0) is 5.10 Å². The van der Waals surface area contributed by atoms with Crippen LogP contribution in [0.1, 0.15) is 0 Å². The third kappa shape index (κ3) is 2.56. The minimum absolute atomic E-state index is 0. The van der Waals surface area contributed by atoms with E-state index in [1.165, 1.54) is 0 Å². The molecule has 0 aliphatic carbocycles. The van der Waals surface area contributed by atoms with Crippen LogP contribution in [0.3, 0.4) is 0 Å². The molecule has 1 heterocycles. The summed E-state index contributed by atoms with van der Waals surface area (Å²) in [6, 6.07) is 0. The number of aromatic nitrogens is 4. The summed E-state index contributed by atoms with van der Waals surface area (Å²) in [7, 11) is 0. The van der Waals surface area contributed by atoms with E-state index in [-0.39, 0.29) is 58.2 Å². The number of tetrazole rings is 1. The first-order chi connectivity index (χ1) is 3.80. The number of hydrogen-bond acceptors (Lipinski definition) is 4. The zero-order chi connectivity index (χ0) is 5.98. The standard InChI is InChI=1S/CHN5O2.Rb/c7-6(8)1-2-4-5-3-1;/h(H-,2,3,4,5);/q;+1. The Kier molecular flexibility index (Phi) is 4.28. The summed E-state index contributed by atoms with van der Waals surface area (Å²) < 4.78 is 0. The summed E-state index contributed by atoms with van der Waals surface area (Å²) in [5.74, 6) is -0.509. The fourth-order valence-corrected chi connectivity index (χ4v) is 0.234. The van der Waals surface area contributed by atoms with Crippen LogP contribution < -0.4 is 68.5 Å². The van der Waals surface area contributed by atoms with Crippen LogP contribution in [0, 0.1) is 10.1 Å². The number of nitro groups is 1. The van der Waals surface area contributed by atoms with Crippen molar-refractivity contribution in [2.75, 3.05) is 0 Å². The molecular formula is CHN5O2Rb+. The minimum atomic E-state index is -0.733. The predicted octanol–water partition coefficient (Wildman–Crippen LogP) is -4.84. The van der Waals surface area contributed by atoms with Gasteiger partial charge in [-0.25, -0.2) is 0 Å². The largest absolute Gasteiger partial charge is 1.00 e. The molecule has 7 nitrogen and oxygen atoms in total. The Labute approximate surface area is 98.2 Å². The molecule has 0 aliphatic rings. The molecule has 0 amide bonds. The van der Waals surface area contributed by atoms with Gasteiger partial charge in [-0.2, -0.15) is 4.92 Å². The van der Waals surface area contributed by atoms with Crippen molar-refractivity contribution in [3.05, 3.63) is 10.1 Å². The average Bonchev–Trinajstić information content (AvgIpc) is 2.12. The zero-order valence-electron chi connectivity index (χ0n) is 4.61. The van der Waals surface area contributed by atoms with Gasteiger partial charge in [-0.15, -0.1) is 0 Å². The molecule has 0 saturated carbocycles. The zero-order valence-corrected chi connectivity index (χ0v) is 9.52. The van der Waals surface area contributed by atoms with Crippen molar-refractivity contribution in [2.45, 2.75) is 0 Å². The second-order valence-electron chi connectivity index (χ2n) is 0.969. The van der Waals surface area contributed by atoms with E-state index in [1.54, 1.807) is 0 Å². The van der Waals surface area contributed by atoms with Gasteiger partial charge in [0.15, 0.2) is 0 Å². The second-order valence-corrected chi connectivity index (χ2v) is 0.969. The van der Waals surface area contributed by atoms with Gasteiger partial charge in [0.05, 0.1) is 0 Å². The Balaban J connectivity index is 0.000000640. The van der Waals surface area contributed by atoms with Gasteiger partial charge in [0.2, 0.25) is 0 Å². The van der Waals surface area contributed by atoms with Gasteiger partial charge in [-0.3, -0.25) is 0 Å². The summed E-state index contributed by atoms with van der Waals surface area (Å²) in [5, 5.41) is 20.7. The van der Waals surface area contributed by atoms with Crippen LogP contribution in [0.15, 0.2) is 0 Å². The van der Waals surface area contributed by atoms with Crippen molar-refractivity contribution < 1.29 is 68.3 Å². The second kappa shape index (κ2) is 4.15. The first-order valence-electron chi connectivity index (χ1n) is 1.68. The number of hydrogen-bond donors (Lipinski definition) is 0. The summed E-state index contributed by atoms with van der Waals surface area (Å²) in [4.78, 5) is 8.95. The Bertz CT molecular complexity index is 183. The van der Waals surface area contributed by atoms with Gasteiger partial charge < -0.3 is 10.1 Å². The maximum atomic E-state index is 9.68. The van der Waals surface area contributed by atoms with Crippen molar-refractivity contribution in [3.8, 4) is 0 Å². The molecule has 0 spiro atoms. The van der Waals surface area contributed by atoms with Crippen molar-refractivity contribution in [3.63, 3.8) is 0 Å². The summed E-state index contributed by atoms with van der Waals surface area (Å²) >= 11 is 0. The third-order valence-electron chi connectivity index (χ3n) is 0.497. The van der Waals surface area contributed by atoms with Crippen LogP contribution in [0.2, 0.25) is 0 Å². The average molecular weight is 201 g/mol. The van der Waals surface area contributed by atoms with E-state index < -0.39 is 10.9 Å². The summed E-state index contributed by atoms with van der Waals surface area (Å²) in [5.41, 5.74) is 0. The van der Waals surface area contributed by atoms with Crippen molar-refractivity contribution in [1.82, 2.24) is 15.4 Å². The fraction of sp³-hybridized carbons (Fsp3) is 0. The quantitative estimate of drug-likeness (QED) is 0.335. The van der Waals surface area contributed by atoms with Gasteiger partial charge in [0, 0.05) is 5.21 Å². The third-order valence-corrected chi connectivity index (χ3v) is 0.497. The smallest absolute Gasteiger partial charge is 0.458 e. The van der Waals surface area contributed by atoms with Crippen LogP contribution >= 0.6 is 0 Å². The van der Waals surface area contributed by atoms with E-state index in [1.807, 2.05) is 5.21 Å². The molecule has 1 rings (SSSR count). The Hall–Kier alpha value is 0.275. The molecule has 0 bridgehead atoms. The topological polar surface area (TPSA) is 97.2 Å². The predicted molar refractivity (Wildman–Crippen MR) is 18.6 cm³/mol. The molecule has 8 heteroatoms. The van der Waals surface area contributed by atoms with Crippen LogP contribution in [0.25, 0.3) is 0 Å². The number of nitrogens with zero attached hydrogens (tertiary/aromatic N) is 4. The van der Waals surface area contributed by atoms with Crippen LogP contribution in [-0.4, -0.2) is 15.2 Å². The van der Waals surface area contributed by atoms with Gasteiger partial charge in [-0.1, -0.05) is 10.3 Å². The summed E-state index contributed by atoms with van der Waals surface area (Å²) in [6.07, 6.45) is 0. The minimum Gasteiger partial charge on any atom is -0.458 e. The number of rotatable bonds is 1. The fourth-order valence-electron chi connectivity index (χ4n) is 0.234. The molecule has 0 aliphatic heterocycles. The van der Waals surface area contributed by atoms with Gasteiger partial charge >= 0.3 is 64.1 Å². The monoisotopic (exact) mass is 200 g/mol. The first kappa shape index (κ1) is 9.28. The number of H-pyrrole nitrogens is 1. The van der Waals surface area contributed by atoms with Gasteiger partial charge in [0.25, 0.3) is 0 Å². The molecule has 1 aromatic rings. The molecular weight excluding hydrogens is 200 g/mol. The Morgan fingerprint density at radius 1 is 1.78 bits per heavy atom. The molecule has 42 valence electrons. The first-order valence-corrected chi connectivity index (χ1v) is 1.68. The number of aromatic amines is 1. The maximum absolute atomic E-state index is 9.68. The Morgan fingerprint density at radius 2 is 2.44 bits per heavy atom. The molecule has 1 aromatic heterocycles. The van der Waals surface area contributed by atoms with Gasteiger partial charge in [0.1, 0.15) is 0 Å². The van der Waals surface area contributed by atoms with E-state index >= 15 is 0 Å². The molecule has 1 N–H and O–H groups in total. The van der Waals surface area contributed by atoms with E-state index in [4.69, 9.17) is 0 Å². The van der Waals surface area contributed by atoms with Crippen molar-refractivity contribution in [2.24, 2.45) is 0 Å². The van der Waals surface area contributed by atoms with E-state index in [2.05, 4.69) is 15.4 Å². The molecule has 0 saturated heterocycles. The van der Waals surface area contributed by atoms with Crippen molar-refractivity contribution >= 4 is 5.95 Å². The molecule has 0 atom stereocenters. The van der Waals surface area contributed by atoms with Crippen molar-refractivity contribution in [1.29, 1.82) is 0 Å². The SMILES string of the molecule is O=[N+]([O-])c1nn[nH+][n-]1.[Rb+]. The number of nitrogens with one attached hydrogen (secondary N) is 1. The molecule has 0 aromatic carbocycles. The molecule has 0 fully saturated rings. The van der Waals surface area contributed by atoms with E-state index in [9.17, 15) is 10.1 Å². The maximum Gasteiger partial charge on any atom is 1.00 e. The molecule has 0 radical (unpaired) electrons. The van der Waals surface area contributed by atoms with Crippen LogP contribution in [-0.2, 0) is 0 Å². The molecule has 0 unspecified atom stereocenters.